The fraction of sp³-hybridized carbons (Fsp3) is 0.231. The second-order valence-electron chi connectivity index (χ2n) is 8.72. The maximum absolute atomic E-state index is 13.3. The Balaban J connectivity index is 1.44. The lowest BCUT2D eigenvalue weighted by atomic mass is 10.0. The molecule has 178 valence electrons. The molecule has 5 aromatic rings. The van der Waals surface area contributed by atoms with Crippen molar-refractivity contribution in [2.75, 3.05) is 0 Å². The molecule has 0 radical (unpaired) electrons. The summed E-state index contributed by atoms with van der Waals surface area (Å²) in [6.07, 6.45) is 0. The van der Waals surface area contributed by atoms with Crippen LogP contribution in [0, 0.1) is 19.7 Å². The minimum absolute atomic E-state index is 0.0896. The quantitative estimate of drug-likeness (QED) is 0.346. The lowest BCUT2D eigenvalue weighted by Gasteiger charge is -2.21. The Morgan fingerprint density at radius 2 is 1.83 bits per heavy atom. The summed E-state index contributed by atoms with van der Waals surface area (Å²) in [6.45, 7) is 6.05. The van der Waals surface area contributed by atoms with Crippen molar-refractivity contribution < 1.29 is 4.39 Å². The molecule has 0 saturated carbocycles. The first-order valence-corrected chi connectivity index (χ1v) is 12.2. The Labute approximate surface area is 205 Å². The molecule has 1 N–H and O–H groups in total. The fourth-order valence-electron chi connectivity index (χ4n) is 4.19. The number of H-pyrrole nitrogens is 1. The Morgan fingerprint density at radius 1 is 1.03 bits per heavy atom. The van der Waals surface area contributed by atoms with E-state index in [1.54, 1.807) is 28.2 Å². The van der Waals surface area contributed by atoms with E-state index in [-0.39, 0.29) is 11.4 Å². The van der Waals surface area contributed by atoms with Gasteiger partial charge in [0, 0.05) is 28.9 Å². The van der Waals surface area contributed by atoms with Crippen LogP contribution < -0.4 is 5.56 Å². The van der Waals surface area contributed by atoms with Crippen molar-refractivity contribution in [2.45, 2.75) is 40.0 Å². The highest BCUT2D eigenvalue weighted by Crippen LogP contribution is 2.21. The highest BCUT2D eigenvalue weighted by Gasteiger charge is 2.17. The third-order valence-corrected chi connectivity index (χ3v) is 6.95. The number of benzene rings is 2. The van der Waals surface area contributed by atoms with Gasteiger partial charge in [-0.1, -0.05) is 30.3 Å². The van der Waals surface area contributed by atoms with Crippen LogP contribution in [0.1, 0.15) is 33.0 Å². The Bertz CT molecular complexity index is 1510. The largest absolute Gasteiger partial charge is 0.321 e. The molecule has 9 heteroatoms. The molecular weight excluding hydrogens is 463 g/mol. The van der Waals surface area contributed by atoms with Crippen molar-refractivity contribution >= 4 is 22.2 Å². The number of tetrazole rings is 1. The van der Waals surface area contributed by atoms with Crippen molar-refractivity contribution in [3.8, 4) is 0 Å². The summed E-state index contributed by atoms with van der Waals surface area (Å²) < 4.78 is 15.0. The van der Waals surface area contributed by atoms with Crippen LogP contribution in [-0.2, 0) is 26.2 Å². The third-order valence-electron chi connectivity index (χ3n) is 6.09. The molecule has 0 spiro atoms. The van der Waals surface area contributed by atoms with E-state index >= 15 is 0 Å². The number of hydrogen-bond acceptors (Lipinski definition) is 6. The number of aryl methyl sites for hydroxylation is 2. The standard InChI is InChI=1S/C26H25FN6OS/c1-17-5-6-18(2)25-23(17)12-20(26(34)28-25)14-32(15-22-4-3-11-35-22)16-24-29-30-31-33(24)13-19-7-9-21(27)10-8-19/h3-12H,13-16H2,1-2H3,(H,28,34). The molecule has 35 heavy (non-hydrogen) atoms. The van der Waals surface area contributed by atoms with E-state index in [9.17, 15) is 9.18 Å². The molecule has 0 saturated heterocycles. The average Bonchev–Trinajstić information content (AvgIpc) is 3.51. The summed E-state index contributed by atoms with van der Waals surface area (Å²) in [5.74, 6) is 0.397. The zero-order chi connectivity index (χ0) is 24.4. The monoisotopic (exact) mass is 488 g/mol. The summed E-state index contributed by atoms with van der Waals surface area (Å²) in [6, 6.07) is 16.5. The molecule has 3 aromatic heterocycles. The van der Waals surface area contributed by atoms with Crippen LogP contribution in [0.5, 0.6) is 0 Å². The molecule has 0 bridgehead atoms. The lowest BCUT2D eigenvalue weighted by molar-refractivity contribution is 0.238. The smallest absolute Gasteiger partial charge is 0.252 e. The van der Waals surface area contributed by atoms with Crippen LogP contribution in [0.15, 0.2) is 64.8 Å². The first-order valence-electron chi connectivity index (χ1n) is 11.3. The van der Waals surface area contributed by atoms with E-state index in [1.165, 1.54) is 17.0 Å². The zero-order valence-electron chi connectivity index (χ0n) is 19.5. The Morgan fingerprint density at radius 3 is 2.60 bits per heavy atom. The summed E-state index contributed by atoms with van der Waals surface area (Å²) in [5, 5.41) is 15.3. The van der Waals surface area contributed by atoms with Gasteiger partial charge in [-0.05, 0) is 70.6 Å². The van der Waals surface area contributed by atoms with Crippen LogP contribution in [0.4, 0.5) is 4.39 Å². The van der Waals surface area contributed by atoms with E-state index < -0.39 is 0 Å². The Kier molecular flexibility index (Phi) is 6.52. The summed E-state index contributed by atoms with van der Waals surface area (Å²) in [5.41, 5.74) is 4.56. The molecule has 2 aromatic carbocycles. The number of nitrogens with zero attached hydrogens (tertiary/aromatic N) is 5. The third kappa shape index (κ3) is 5.21. The van der Waals surface area contributed by atoms with Crippen LogP contribution in [0.2, 0.25) is 0 Å². The van der Waals surface area contributed by atoms with Gasteiger partial charge in [0.05, 0.1) is 18.6 Å². The second kappa shape index (κ2) is 9.89. The maximum atomic E-state index is 13.3. The maximum Gasteiger partial charge on any atom is 0.252 e. The van der Waals surface area contributed by atoms with E-state index in [2.05, 4.69) is 44.5 Å². The first-order chi connectivity index (χ1) is 17.0. The summed E-state index contributed by atoms with van der Waals surface area (Å²) in [7, 11) is 0. The molecule has 3 heterocycles. The lowest BCUT2D eigenvalue weighted by Crippen LogP contribution is -2.28. The van der Waals surface area contributed by atoms with Gasteiger partial charge in [0.1, 0.15) is 5.82 Å². The minimum Gasteiger partial charge on any atom is -0.321 e. The van der Waals surface area contributed by atoms with Gasteiger partial charge in [-0.2, -0.15) is 0 Å². The molecular formula is C26H25FN6OS. The van der Waals surface area contributed by atoms with Crippen molar-refractivity contribution in [1.29, 1.82) is 0 Å². The molecule has 0 aliphatic carbocycles. The molecule has 0 unspecified atom stereocenters. The van der Waals surface area contributed by atoms with Crippen LogP contribution in [0.25, 0.3) is 10.9 Å². The van der Waals surface area contributed by atoms with Crippen molar-refractivity contribution in [3.05, 3.63) is 109 Å². The number of rotatable bonds is 8. The predicted molar refractivity (Wildman–Crippen MR) is 135 cm³/mol. The number of nitrogens with one attached hydrogen (secondary N) is 1. The van der Waals surface area contributed by atoms with Crippen molar-refractivity contribution in [1.82, 2.24) is 30.1 Å². The molecule has 5 rings (SSSR count). The molecule has 0 amide bonds. The number of aromatic nitrogens is 5. The topological polar surface area (TPSA) is 79.7 Å². The fourth-order valence-corrected chi connectivity index (χ4v) is 4.94. The summed E-state index contributed by atoms with van der Waals surface area (Å²) >= 11 is 1.67. The number of halogens is 1. The van der Waals surface area contributed by atoms with Crippen molar-refractivity contribution in [3.63, 3.8) is 0 Å². The van der Waals surface area contributed by atoms with Gasteiger partial charge in [-0.3, -0.25) is 9.69 Å². The number of hydrogen-bond donors (Lipinski definition) is 1. The molecule has 0 aliphatic heterocycles. The first kappa shape index (κ1) is 23.1. The number of fused-ring (bicyclic) bond motifs is 1. The molecule has 0 aliphatic rings. The number of aromatic amines is 1. The van der Waals surface area contributed by atoms with Crippen molar-refractivity contribution in [2.24, 2.45) is 0 Å². The van der Waals surface area contributed by atoms with Gasteiger partial charge in [-0.15, -0.1) is 16.4 Å². The second-order valence-corrected chi connectivity index (χ2v) is 9.75. The molecule has 0 fully saturated rings. The summed E-state index contributed by atoms with van der Waals surface area (Å²) in [4.78, 5) is 19.5. The van der Waals surface area contributed by atoms with E-state index in [0.29, 0.717) is 37.6 Å². The normalized spacial score (nSPS) is 11.5. The number of pyridine rings is 1. The van der Waals surface area contributed by atoms with Gasteiger partial charge >= 0.3 is 0 Å². The minimum atomic E-state index is -0.279. The van der Waals surface area contributed by atoms with Crippen LogP contribution in [-0.4, -0.2) is 30.1 Å². The zero-order valence-corrected chi connectivity index (χ0v) is 20.3. The van der Waals surface area contributed by atoms with E-state index in [4.69, 9.17) is 0 Å². The van der Waals surface area contributed by atoms with E-state index in [1.807, 2.05) is 30.5 Å². The van der Waals surface area contributed by atoms with Gasteiger partial charge in [-0.25, -0.2) is 9.07 Å². The number of thiophene rings is 1. The van der Waals surface area contributed by atoms with Crippen LogP contribution in [0.3, 0.4) is 0 Å². The van der Waals surface area contributed by atoms with Gasteiger partial charge in [0.2, 0.25) is 0 Å². The Hall–Kier alpha value is -3.69. The average molecular weight is 489 g/mol. The van der Waals surface area contributed by atoms with Gasteiger partial charge < -0.3 is 4.98 Å². The SMILES string of the molecule is Cc1ccc(C)c2[nH]c(=O)c(CN(Cc3cccs3)Cc3nnnn3Cc3ccc(F)cc3)cc12. The van der Waals surface area contributed by atoms with E-state index in [0.717, 1.165) is 27.6 Å². The highest BCUT2D eigenvalue weighted by atomic mass is 32.1. The van der Waals surface area contributed by atoms with Gasteiger partial charge in [0.25, 0.3) is 5.56 Å². The molecule has 7 nitrogen and oxygen atoms in total. The predicted octanol–water partition coefficient (Wildman–Crippen LogP) is 4.58. The molecule has 0 atom stereocenters. The van der Waals surface area contributed by atoms with Crippen LogP contribution >= 0.6 is 11.3 Å². The highest BCUT2D eigenvalue weighted by molar-refractivity contribution is 7.09. The van der Waals surface area contributed by atoms with Gasteiger partial charge in [0.15, 0.2) is 5.82 Å².